The van der Waals surface area contributed by atoms with Crippen LogP contribution in [0, 0.1) is 0 Å². The maximum absolute atomic E-state index is 12.5. The maximum atomic E-state index is 12.5. The summed E-state index contributed by atoms with van der Waals surface area (Å²) < 4.78 is 0. The number of carbonyl (C=O) groups excluding carboxylic acids is 1. The molecule has 0 saturated carbocycles. The van der Waals surface area contributed by atoms with Gasteiger partial charge in [-0.3, -0.25) is 4.79 Å². The van der Waals surface area contributed by atoms with Crippen LogP contribution >= 0.6 is 11.3 Å². The van der Waals surface area contributed by atoms with Gasteiger partial charge in [0.05, 0.1) is 0 Å². The topological polar surface area (TPSA) is 71.2 Å². The lowest BCUT2D eigenvalue weighted by Crippen LogP contribution is -2.35. The van der Waals surface area contributed by atoms with Gasteiger partial charge in [-0.25, -0.2) is 4.98 Å². The molecule has 6 heteroatoms. The van der Waals surface area contributed by atoms with Crippen LogP contribution < -0.4 is 11.1 Å². The molecule has 0 spiro atoms. The Labute approximate surface area is 121 Å². The Morgan fingerprint density at radius 1 is 1.40 bits per heavy atom. The van der Waals surface area contributed by atoms with E-state index in [0.29, 0.717) is 22.4 Å². The van der Waals surface area contributed by atoms with Crippen LogP contribution in [0.25, 0.3) is 0 Å². The van der Waals surface area contributed by atoms with E-state index in [1.165, 1.54) is 22.5 Å². The van der Waals surface area contributed by atoms with Crippen LogP contribution in [0.5, 0.6) is 0 Å². The summed E-state index contributed by atoms with van der Waals surface area (Å²) in [6.07, 6.45) is 0.888. The molecule has 1 aliphatic heterocycles. The molecule has 1 aromatic carbocycles. The highest BCUT2D eigenvalue weighted by Crippen LogP contribution is 2.28. The van der Waals surface area contributed by atoms with Crippen LogP contribution in [0.3, 0.4) is 0 Å². The van der Waals surface area contributed by atoms with Crippen LogP contribution in [0.2, 0.25) is 0 Å². The van der Waals surface area contributed by atoms with Gasteiger partial charge in [0, 0.05) is 20.1 Å². The smallest absolute Gasteiger partial charge is 0.268 e. The quantitative estimate of drug-likeness (QED) is 0.886. The largest absolute Gasteiger partial charge is 0.382 e. The Kier molecular flexibility index (Phi) is 3.31. The number of nitrogens with two attached hydrogens (primary N) is 1. The monoisotopic (exact) mass is 288 g/mol. The SMILES string of the molecule is CNc1nc(N)c(C(=O)N2CCc3ccccc3C2)s1. The number of nitrogens with one attached hydrogen (secondary N) is 1. The molecule has 0 aliphatic carbocycles. The van der Waals surface area contributed by atoms with Crippen molar-refractivity contribution in [2.75, 3.05) is 24.6 Å². The molecule has 0 radical (unpaired) electrons. The molecule has 1 aliphatic rings. The summed E-state index contributed by atoms with van der Waals surface area (Å²) in [5, 5.41) is 3.59. The predicted octanol–water partition coefficient (Wildman–Crippen LogP) is 1.97. The molecule has 1 aromatic heterocycles. The van der Waals surface area contributed by atoms with E-state index in [9.17, 15) is 4.79 Å². The number of carbonyl (C=O) groups is 1. The molecular formula is C14H16N4OS. The fourth-order valence-corrected chi connectivity index (χ4v) is 3.21. The van der Waals surface area contributed by atoms with E-state index in [0.717, 1.165) is 13.0 Å². The second-order valence-electron chi connectivity index (χ2n) is 4.73. The van der Waals surface area contributed by atoms with E-state index in [1.807, 2.05) is 17.0 Å². The number of benzene rings is 1. The highest BCUT2D eigenvalue weighted by molar-refractivity contribution is 7.18. The molecule has 5 nitrogen and oxygen atoms in total. The third kappa shape index (κ3) is 2.22. The molecule has 0 bridgehead atoms. The maximum Gasteiger partial charge on any atom is 0.268 e. The predicted molar refractivity (Wildman–Crippen MR) is 81.0 cm³/mol. The van der Waals surface area contributed by atoms with Crippen molar-refractivity contribution in [1.29, 1.82) is 0 Å². The van der Waals surface area contributed by atoms with Crippen molar-refractivity contribution in [1.82, 2.24) is 9.88 Å². The normalized spacial score (nSPS) is 13.9. The number of hydrogen-bond acceptors (Lipinski definition) is 5. The highest BCUT2D eigenvalue weighted by atomic mass is 32.1. The standard InChI is InChI=1S/C14H16N4OS/c1-16-14-17-12(15)11(20-14)13(19)18-7-6-9-4-2-3-5-10(9)8-18/h2-5H,6-8,15H2,1H3,(H,16,17). The first kappa shape index (κ1) is 12.9. The second-order valence-corrected chi connectivity index (χ2v) is 5.73. The van der Waals surface area contributed by atoms with Crippen LogP contribution in [-0.2, 0) is 13.0 Å². The van der Waals surface area contributed by atoms with Crippen molar-refractivity contribution in [3.05, 3.63) is 40.3 Å². The summed E-state index contributed by atoms with van der Waals surface area (Å²) in [4.78, 5) is 19.0. The summed E-state index contributed by atoms with van der Waals surface area (Å²) in [5.41, 5.74) is 8.37. The molecule has 1 amide bonds. The lowest BCUT2D eigenvalue weighted by atomic mass is 10.00. The van der Waals surface area contributed by atoms with E-state index in [1.54, 1.807) is 7.05 Å². The van der Waals surface area contributed by atoms with Crippen molar-refractivity contribution < 1.29 is 4.79 Å². The van der Waals surface area contributed by atoms with Crippen LogP contribution in [-0.4, -0.2) is 29.4 Å². The average molecular weight is 288 g/mol. The van der Waals surface area contributed by atoms with Crippen molar-refractivity contribution in [3.63, 3.8) is 0 Å². The van der Waals surface area contributed by atoms with E-state index in [2.05, 4.69) is 22.4 Å². The first-order valence-electron chi connectivity index (χ1n) is 6.49. The van der Waals surface area contributed by atoms with Gasteiger partial charge in [-0.05, 0) is 17.5 Å². The van der Waals surface area contributed by atoms with Gasteiger partial charge < -0.3 is 16.0 Å². The molecular weight excluding hydrogens is 272 g/mol. The third-order valence-electron chi connectivity index (χ3n) is 3.48. The number of rotatable bonds is 2. The van der Waals surface area contributed by atoms with E-state index in [4.69, 9.17) is 5.73 Å². The van der Waals surface area contributed by atoms with Gasteiger partial charge in [0.1, 0.15) is 10.7 Å². The molecule has 0 fully saturated rings. The van der Waals surface area contributed by atoms with Gasteiger partial charge in [-0.15, -0.1) is 0 Å². The minimum Gasteiger partial charge on any atom is -0.382 e. The minimum atomic E-state index is -0.0315. The Bertz CT molecular complexity index is 652. The van der Waals surface area contributed by atoms with Crippen LogP contribution in [0.15, 0.2) is 24.3 Å². The van der Waals surface area contributed by atoms with E-state index >= 15 is 0 Å². The van der Waals surface area contributed by atoms with Crippen molar-refractivity contribution >= 4 is 28.2 Å². The molecule has 3 N–H and O–H groups in total. The Hall–Kier alpha value is -2.08. The lowest BCUT2D eigenvalue weighted by Gasteiger charge is -2.28. The number of nitrogen functional groups attached to an aromatic ring is 1. The zero-order valence-electron chi connectivity index (χ0n) is 11.2. The Morgan fingerprint density at radius 3 is 2.85 bits per heavy atom. The summed E-state index contributed by atoms with van der Waals surface area (Å²) in [5.74, 6) is 0.277. The van der Waals surface area contributed by atoms with Crippen LogP contribution in [0.4, 0.5) is 10.9 Å². The van der Waals surface area contributed by atoms with Crippen LogP contribution in [0.1, 0.15) is 20.8 Å². The van der Waals surface area contributed by atoms with Gasteiger partial charge in [-0.1, -0.05) is 35.6 Å². The first-order valence-corrected chi connectivity index (χ1v) is 7.31. The Morgan fingerprint density at radius 2 is 2.15 bits per heavy atom. The molecule has 104 valence electrons. The van der Waals surface area contributed by atoms with Gasteiger partial charge in [0.2, 0.25) is 0 Å². The fraction of sp³-hybridized carbons (Fsp3) is 0.286. The van der Waals surface area contributed by atoms with Crippen molar-refractivity contribution in [2.24, 2.45) is 0 Å². The highest BCUT2D eigenvalue weighted by Gasteiger charge is 2.25. The van der Waals surface area contributed by atoms with E-state index in [-0.39, 0.29) is 5.91 Å². The molecule has 0 saturated heterocycles. The second kappa shape index (κ2) is 5.13. The molecule has 2 heterocycles. The number of amides is 1. The number of thiazole rings is 1. The molecule has 3 rings (SSSR count). The zero-order valence-corrected chi connectivity index (χ0v) is 12.0. The number of hydrogen-bond donors (Lipinski definition) is 2. The average Bonchev–Trinajstić information content (AvgIpc) is 2.87. The number of anilines is 2. The summed E-state index contributed by atoms with van der Waals surface area (Å²) >= 11 is 1.30. The number of nitrogens with zero attached hydrogens (tertiary/aromatic N) is 2. The van der Waals surface area contributed by atoms with Crippen molar-refractivity contribution in [2.45, 2.75) is 13.0 Å². The van der Waals surface area contributed by atoms with Gasteiger partial charge >= 0.3 is 0 Å². The summed E-state index contributed by atoms with van der Waals surface area (Å²) in [6, 6.07) is 8.24. The van der Waals surface area contributed by atoms with Gasteiger partial charge in [0.15, 0.2) is 5.13 Å². The zero-order chi connectivity index (χ0) is 14.1. The summed E-state index contributed by atoms with van der Waals surface area (Å²) in [6.45, 7) is 1.36. The van der Waals surface area contributed by atoms with Gasteiger partial charge in [-0.2, -0.15) is 0 Å². The van der Waals surface area contributed by atoms with Gasteiger partial charge in [0.25, 0.3) is 5.91 Å². The molecule has 0 unspecified atom stereocenters. The van der Waals surface area contributed by atoms with E-state index < -0.39 is 0 Å². The summed E-state index contributed by atoms with van der Waals surface area (Å²) in [7, 11) is 1.77. The first-order chi connectivity index (χ1) is 9.69. The van der Waals surface area contributed by atoms with Crippen molar-refractivity contribution in [3.8, 4) is 0 Å². The number of fused-ring (bicyclic) bond motifs is 1. The minimum absolute atomic E-state index is 0.0315. The Balaban J connectivity index is 1.84. The third-order valence-corrected chi connectivity index (χ3v) is 4.56. The molecule has 20 heavy (non-hydrogen) atoms. The fourth-order valence-electron chi connectivity index (χ4n) is 2.40. The molecule has 0 atom stereocenters. The number of aromatic nitrogens is 1. The lowest BCUT2D eigenvalue weighted by molar-refractivity contribution is 0.0740. The molecule has 2 aromatic rings.